The Morgan fingerprint density at radius 2 is 2.12 bits per heavy atom. The van der Waals surface area contributed by atoms with Crippen LogP contribution in [0.2, 0.25) is 0 Å². The third-order valence-electron chi connectivity index (χ3n) is 2.37. The number of ether oxygens (including phenoxy) is 1. The summed E-state index contributed by atoms with van der Waals surface area (Å²) in [5.41, 5.74) is 0. The van der Waals surface area contributed by atoms with E-state index in [2.05, 4.69) is 0 Å². The van der Waals surface area contributed by atoms with Crippen LogP contribution in [0, 0.1) is 0 Å². The van der Waals surface area contributed by atoms with E-state index in [9.17, 15) is 8.42 Å². The molecular weight excluding hydrogens is 270 g/mol. The van der Waals surface area contributed by atoms with Gasteiger partial charge in [-0.2, -0.15) is 4.31 Å². The third-order valence-corrected chi connectivity index (χ3v) is 5.78. The molecule has 90 valence electrons. The van der Waals surface area contributed by atoms with Crippen molar-refractivity contribution in [3.8, 4) is 0 Å². The normalized spacial score (nSPS) is 18.8. The maximum absolute atomic E-state index is 12.2. The highest BCUT2D eigenvalue weighted by atomic mass is 35.5. The largest absolute Gasteiger partial charge is 0.379 e. The molecule has 16 heavy (non-hydrogen) atoms. The fourth-order valence-electron chi connectivity index (χ4n) is 1.50. The molecule has 7 heteroatoms. The molecule has 1 aliphatic rings. The van der Waals surface area contributed by atoms with Crippen LogP contribution < -0.4 is 0 Å². The van der Waals surface area contributed by atoms with Crippen molar-refractivity contribution in [2.45, 2.75) is 10.8 Å². The topological polar surface area (TPSA) is 46.6 Å². The van der Waals surface area contributed by atoms with Crippen molar-refractivity contribution in [3.05, 3.63) is 16.3 Å². The molecule has 0 bridgehead atoms. The van der Waals surface area contributed by atoms with Crippen molar-refractivity contribution in [2.75, 3.05) is 26.3 Å². The highest BCUT2D eigenvalue weighted by Gasteiger charge is 2.26. The Balaban J connectivity index is 2.23. The Labute approximate surface area is 104 Å². The van der Waals surface area contributed by atoms with Gasteiger partial charge in [-0.1, -0.05) is 0 Å². The van der Waals surface area contributed by atoms with Crippen molar-refractivity contribution in [1.29, 1.82) is 0 Å². The molecule has 1 aromatic heterocycles. The zero-order valence-corrected chi connectivity index (χ0v) is 10.9. The first-order valence-electron chi connectivity index (χ1n) is 4.86. The number of halogens is 1. The second-order valence-electron chi connectivity index (χ2n) is 3.40. The summed E-state index contributed by atoms with van der Waals surface area (Å²) in [5, 5.41) is 1.64. The van der Waals surface area contributed by atoms with E-state index in [1.165, 1.54) is 15.6 Å². The summed E-state index contributed by atoms with van der Waals surface area (Å²) in [7, 11) is -3.35. The molecule has 0 saturated carbocycles. The molecule has 0 aromatic carbocycles. The second-order valence-corrected chi connectivity index (χ2v) is 6.60. The number of rotatable bonds is 3. The highest BCUT2D eigenvalue weighted by molar-refractivity contribution is 7.89. The summed E-state index contributed by atoms with van der Waals surface area (Å²) in [5.74, 6) is 0.350. The molecule has 1 aliphatic heterocycles. The van der Waals surface area contributed by atoms with Gasteiger partial charge in [-0.05, 0) is 6.07 Å². The summed E-state index contributed by atoms with van der Waals surface area (Å²) < 4.78 is 30.9. The van der Waals surface area contributed by atoms with E-state index in [1.54, 1.807) is 11.4 Å². The summed E-state index contributed by atoms with van der Waals surface area (Å²) in [6.07, 6.45) is 0. The zero-order chi connectivity index (χ0) is 11.6. The highest BCUT2D eigenvalue weighted by Crippen LogP contribution is 2.24. The van der Waals surface area contributed by atoms with Crippen molar-refractivity contribution in [3.63, 3.8) is 0 Å². The Morgan fingerprint density at radius 1 is 1.44 bits per heavy atom. The van der Waals surface area contributed by atoms with Gasteiger partial charge in [0.15, 0.2) is 0 Å². The summed E-state index contributed by atoms with van der Waals surface area (Å²) in [4.78, 5) is 1.21. The standard InChI is InChI=1S/C9H12ClNO3S2/c10-6-8-5-9(7-15-8)16(12,13)11-1-3-14-4-2-11/h5,7H,1-4,6H2. The van der Waals surface area contributed by atoms with Crippen molar-refractivity contribution < 1.29 is 13.2 Å². The van der Waals surface area contributed by atoms with Crippen LogP contribution in [0.1, 0.15) is 4.88 Å². The minimum Gasteiger partial charge on any atom is -0.379 e. The molecule has 2 heterocycles. The van der Waals surface area contributed by atoms with Gasteiger partial charge in [0, 0.05) is 23.3 Å². The lowest BCUT2D eigenvalue weighted by Gasteiger charge is -2.25. The quantitative estimate of drug-likeness (QED) is 0.789. The van der Waals surface area contributed by atoms with Crippen LogP contribution in [0.15, 0.2) is 16.3 Å². The third kappa shape index (κ3) is 2.41. The van der Waals surface area contributed by atoms with Crippen molar-refractivity contribution in [1.82, 2.24) is 4.31 Å². The van der Waals surface area contributed by atoms with E-state index >= 15 is 0 Å². The molecule has 4 nitrogen and oxygen atoms in total. The van der Waals surface area contributed by atoms with Crippen molar-refractivity contribution >= 4 is 33.0 Å². The van der Waals surface area contributed by atoms with E-state index in [1.807, 2.05) is 0 Å². The minimum absolute atomic E-state index is 0.343. The Hall–Kier alpha value is -0.140. The number of sulfonamides is 1. The first-order chi connectivity index (χ1) is 7.64. The van der Waals surface area contributed by atoms with Gasteiger partial charge in [0.05, 0.1) is 24.0 Å². The summed E-state index contributed by atoms with van der Waals surface area (Å²) in [6, 6.07) is 1.64. The first-order valence-corrected chi connectivity index (χ1v) is 7.71. The number of morpholine rings is 1. The number of nitrogens with zero attached hydrogens (tertiary/aromatic N) is 1. The SMILES string of the molecule is O=S(=O)(c1csc(CCl)c1)N1CCOCC1. The number of alkyl halides is 1. The van der Waals surface area contributed by atoms with Crippen LogP contribution in [-0.2, 0) is 20.6 Å². The Kier molecular flexibility index (Phi) is 3.86. The van der Waals surface area contributed by atoms with Crippen LogP contribution in [-0.4, -0.2) is 39.0 Å². The second kappa shape index (κ2) is 5.01. The zero-order valence-electron chi connectivity index (χ0n) is 8.56. The van der Waals surface area contributed by atoms with Gasteiger partial charge in [0.2, 0.25) is 10.0 Å². The van der Waals surface area contributed by atoms with Crippen molar-refractivity contribution in [2.24, 2.45) is 0 Å². The molecule has 0 atom stereocenters. The molecule has 1 fully saturated rings. The molecule has 0 radical (unpaired) electrons. The molecule has 0 spiro atoms. The smallest absolute Gasteiger partial charge is 0.244 e. The molecule has 0 N–H and O–H groups in total. The van der Waals surface area contributed by atoms with Gasteiger partial charge in [0.25, 0.3) is 0 Å². The van der Waals surface area contributed by atoms with Gasteiger partial charge in [0.1, 0.15) is 0 Å². The minimum atomic E-state index is -3.35. The van der Waals surface area contributed by atoms with Gasteiger partial charge in [-0.3, -0.25) is 0 Å². The van der Waals surface area contributed by atoms with Crippen LogP contribution in [0.3, 0.4) is 0 Å². The number of thiophene rings is 1. The molecule has 0 aliphatic carbocycles. The molecule has 1 aromatic rings. The molecule has 0 amide bonds. The monoisotopic (exact) mass is 281 g/mol. The summed E-state index contributed by atoms with van der Waals surface area (Å²) in [6.45, 7) is 1.78. The predicted molar refractivity (Wildman–Crippen MR) is 63.5 cm³/mol. The molecule has 1 saturated heterocycles. The van der Waals surface area contributed by atoms with E-state index in [4.69, 9.17) is 16.3 Å². The number of hydrogen-bond donors (Lipinski definition) is 0. The lowest BCUT2D eigenvalue weighted by atomic mass is 10.5. The van der Waals surface area contributed by atoms with Gasteiger partial charge >= 0.3 is 0 Å². The fourth-order valence-corrected chi connectivity index (χ4v) is 4.29. The van der Waals surface area contributed by atoms with Gasteiger partial charge in [-0.25, -0.2) is 8.42 Å². The average molecular weight is 282 g/mol. The van der Waals surface area contributed by atoms with Crippen LogP contribution >= 0.6 is 22.9 Å². The maximum Gasteiger partial charge on any atom is 0.244 e. The lowest BCUT2D eigenvalue weighted by molar-refractivity contribution is 0.0730. The first kappa shape index (κ1) is 12.3. The summed E-state index contributed by atoms with van der Waals surface area (Å²) >= 11 is 7.03. The molecular formula is C9H12ClNO3S2. The van der Waals surface area contributed by atoms with Gasteiger partial charge in [-0.15, -0.1) is 22.9 Å². The average Bonchev–Trinajstić information content (AvgIpc) is 2.79. The Bertz CT molecular complexity index is 451. The lowest BCUT2D eigenvalue weighted by Crippen LogP contribution is -2.40. The maximum atomic E-state index is 12.2. The number of hydrogen-bond acceptors (Lipinski definition) is 4. The Morgan fingerprint density at radius 3 is 2.69 bits per heavy atom. The predicted octanol–water partition coefficient (Wildman–Crippen LogP) is 1.51. The van der Waals surface area contributed by atoms with E-state index in [0.29, 0.717) is 37.1 Å². The van der Waals surface area contributed by atoms with E-state index in [0.717, 1.165) is 4.88 Å². The van der Waals surface area contributed by atoms with Crippen LogP contribution in [0.4, 0.5) is 0 Å². The van der Waals surface area contributed by atoms with Crippen LogP contribution in [0.5, 0.6) is 0 Å². The van der Waals surface area contributed by atoms with E-state index < -0.39 is 10.0 Å². The molecule has 2 rings (SSSR count). The van der Waals surface area contributed by atoms with Crippen LogP contribution in [0.25, 0.3) is 0 Å². The molecule has 0 unspecified atom stereocenters. The van der Waals surface area contributed by atoms with Gasteiger partial charge < -0.3 is 4.74 Å². The fraction of sp³-hybridized carbons (Fsp3) is 0.556. The van der Waals surface area contributed by atoms with E-state index in [-0.39, 0.29) is 0 Å².